The molecule has 0 aliphatic heterocycles. The highest BCUT2D eigenvalue weighted by molar-refractivity contribution is 5.47. The highest BCUT2D eigenvalue weighted by Gasteiger charge is 1.99. The summed E-state index contributed by atoms with van der Waals surface area (Å²) in [4.78, 5) is 0. The molecule has 0 radical (unpaired) electrons. The van der Waals surface area contributed by atoms with Crippen LogP contribution in [0.25, 0.3) is 0 Å². The second-order valence-corrected chi connectivity index (χ2v) is 2.90. The largest absolute Gasteiger partial charge is 0.0984 e. The van der Waals surface area contributed by atoms with Crippen LogP contribution < -0.4 is 0 Å². The van der Waals surface area contributed by atoms with Gasteiger partial charge < -0.3 is 0 Å². The van der Waals surface area contributed by atoms with Gasteiger partial charge in [-0.2, -0.15) is 0 Å². The average Bonchev–Trinajstić information content (AvgIpc) is 2.27. The fourth-order valence-electron chi connectivity index (χ4n) is 1.14. The molecule has 0 aromatic rings. The lowest BCUT2D eigenvalue weighted by Gasteiger charge is -1.95. The molecule has 0 saturated heterocycles. The van der Waals surface area contributed by atoms with Gasteiger partial charge in [-0.05, 0) is 17.1 Å². The molecule has 0 spiro atoms. The Morgan fingerprint density at radius 3 is 1.83 bits per heavy atom. The van der Waals surface area contributed by atoms with Gasteiger partial charge in [-0.3, -0.25) is 0 Å². The van der Waals surface area contributed by atoms with Crippen LogP contribution in [0.5, 0.6) is 0 Å². The molecule has 1 aliphatic rings. The Hall–Kier alpha value is -1.30. The first kappa shape index (κ1) is 8.79. The van der Waals surface area contributed by atoms with Gasteiger partial charge in [0.05, 0.1) is 0 Å². The molecule has 0 atom stereocenters. The third-order valence-corrected chi connectivity index (χ3v) is 1.93. The van der Waals surface area contributed by atoms with Crippen molar-refractivity contribution in [2.75, 3.05) is 0 Å². The summed E-state index contributed by atoms with van der Waals surface area (Å²) in [5, 5.41) is 0. The third kappa shape index (κ3) is 1.85. The lowest BCUT2D eigenvalue weighted by molar-refractivity contribution is 0.942. The molecule has 0 heteroatoms. The Labute approximate surface area is 74.3 Å². The molecule has 0 aromatic heterocycles. The van der Waals surface area contributed by atoms with Gasteiger partial charge in [0, 0.05) is 0 Å². The Bertz CT molecular complexity index is 246. The molecular weight excluding hydrogens is 144 g/mol. The minimum absolute atomic E-state index is 0.498. The monoisotopic (exact) mass is 158 g/mol. The maximum absolute atomic E-state index is 3.76. The Morgan fingerprint density at radius 1 is 1.08 bits per heavy atom. The zero-order valence-corrected chi connectivity index (χ0v) is 7.46. The maximum atomic E-state index is 3.76. The molecule has 62 valence electrons. The van der Waals surface area contributed by atoms with Crippen molar-refractivity contribution in [3.8, 4) is 0 Å². The first-order chi connectivity index (χ1) is 5.77. The van der Waals surface area contributed by atoms with E-state index in [9.17, 15) is 0 Å². The van der Waals surface area contributed by atoms with Crippen molar-refractivity contribution in [3.05, 3.63) is 60.8 Å². The fraction of sp³-hybridized carbons (Fsp3) is 0.167. The van der Waals surface area contributed by atoms with Gasteiger partial charge in [0.15, 0.2) is 0 Å². The molecule has 0 amide bonds. The van der Waals surface area contributed by atoms with E-state index in [2.05, 4.69) is 44.4 Å². The molecule has 1 rings (SSSR count). The summed E-state index contributed by atoms with van der Waals surface area (Å²) in [7, 11) is 0. The van der Waals surface area contributed by atoms with Crippen LogP contribution in [0, 0.1) is 5.92 Å². The number of hydrogen-bond donors (Lipinski definition) is 0. The Kier molecular flexibility index (Phi) is 2.87. The lowest BCUT2D eigenvalue weighted by atomic mass is 10.1. The normalized spacial score (nSPS) is 17.8. The smallest absolute Gasteiger partial charge is 0.00752 e. The summed E-state index contributed by atoms with van der Waals surface area (Å²) in [6.45, 7) is 9.67. The molecule has 12 heavy (non-hydrogen) atoms. The number of rotatable bonds is 2. The highest BCUT2D eigenvalue weighted by Crippen LogP contribution is 2.17. The van der Waals surface area contributed by atoms with Crippen molar-refractivity contribution in [2.24, 2.45) is 5.92 Å². The first-order valence-electron chi connectivity index (χ1n) is 4.13. The van der Waals surface area contributed by atoms with Crippen LogP contribution in [0.15, 0.2) is 60.8 Å². The van der Waals surface area contributed by atoms with E-state index >= 15 is 0 Å². The van der Waals surface area contributed by atoms with E-state index in [1.54, 1.807) is 0 Å². The van der Waals surface area contributed by atoms with Gasteiger partial charge in [-0.1, -0.05) is 56.5 Å². The molecule has 0 bridgehead atoms. The van der Waals surface area contributed by atoms with E-state index in [-0.39, 0.29) is 0 Å². The number of hydrogen-bond acceptors (Lipinski definition) is 0. The summed E-state index contributed by atoms with van der Waals surface area (Å²) in [6.07, 6.45) is 12.2. The van der Waals surface area contributed by atoms with E-state index in [1.807, 2.05) is 12.2 Å². The fourth-order valence-corrected chi connectivity index (χ4v) is 1.14. The average molecular weight is 158 g/mol. The quantitative estimate of drug-likeness (QED) is 0.577. The lowest BCUT2D eigenvalue weighted by Crippen LogP contribution is -1.78. The Morgan fingerprint density at radius 2 is 1.50 bits per heavy atom. The molecular formula is C12H14. The summed E-state index contributed by atoms with van der Waals surface area (Å²) >= 11 is 0. The summed E-state index contributed by atoms with van der Waals surface area (Å²) in [6, 6.07) is 0. The van der Waals surface area contributed by atoms with E-state index < -0.39 is 0 Å². The highest BCUT2D eigenvalue weighted by atomic mass is 14.0. The molecule has 0 aromatic carbocycles. The second-order valence-electron chi connectivity index (χ2n) is 2.90. The van der Waals surface area contributed by atoms with E-state index in [0.29, 0.717) is 5.92 Å². The van der Waals surface area contributed by atoms with Crippen LogP contribution in [0.2, 0.25) is 0 Å². The van der Waals surface area contributed by atoms with Gasteiger partial charge >= 0.3 is 0 Å². The summed E-state index contributed by atoms with van der Waals surface area (Å²) in [5.41, 5.74) is 2.29. The predicted molar refractivity (Wildman–Crippen MR) is 54.9 cm³/mol. The zero-order valence-electron chi connectivity index (χ0n) is 7.46. The minimum atomic E-state index is 0.498. The van der Waals surface area contributed by atoms with Crippen LogP contribution in [0.3, 0.4) is 0 Å². The third-order valence-electron chi connectivity index (χ3n) is 1.93. The van der Waals surface area contributed by atoms with Crippen molar-refractivity contribution in [1.82, 2.24) is 0 Å². The van der Waals surface area contributed by atoms with Crippen LogP contribution >= 0.6 is 0 Å². The van der Waals surface area contributed by atoms with Gasteiger partial charge in [-0.25, -0.2) is 0 Å². The standard InChI is InChI=1S/C12H14/c1-4-11-8-6-10(3)7-9-12(11)5-2/h4-10H,1-2H2,3H3. The van der Waals surface area contributed by atoms with Gasteiger partial charge in [-0.15, -0.1) is 0 Å². The van der Waals surface area contributed by atoms with Gasteiger partial charge in [0.25, 0.3) is 0 Å². The van der Waals surface area contributed by atoms with E-state index in [1.165, 1.54) is 0 Å². The van der Waals surface area contributed by atoms with Crippen molar-refractivity contribution in [3.63, 3.8) is 0 Å². The minimum Gasteiger partial charge on any atom is -0.0984 e. The van der Waals surface area contributed by atoms with E-state index in [4.69, 9.17) is 0 Å². The predicted octanol–water partition coefficient (Wildman–Crippen LogP) is 3.42. The van der Waals surface area contributed by atoms with Crippen LogP contribution in [-0.2, 0) is 0 Å². The molecule has 0 fully saturated rings. The van der Waals surface area contributed by atoms with Crippen LogP contribution in [0.4, 0.5) is 0 Å². The van der Waals surface area contributed by atoms with Crippen LogP contribution in [-0.4, -0.2) is 0 Å². The van der Waals surface area contributed by atoms with Crippen molar-refractivity contribution >= 4 is 0 Å². The molecule has 1 aliphatic carbocycles. The van der Waals surface area contributed by atoms with Crippen LogP contribution in [0.1, 0.15) is 6.92 Å². The molecule has 0 heterocycles. The Balaban J connectivity index is 3.09. The van der Waals surface area contributed by atoms with E-state index in [0.717, 1.165) is 11.1 Å². The zero-order chi connectivity index (χ0) is 8.97. The topological polar surface area (TPSA) is 0 Å². The van der Waals surface area contributed by atoms with Crippen molar-refractivity contribution in [1.29, 1.82) is 0 Å². The number of allylic oxidation sites excluding steroid dienone is 8. The molecule has 0 N–H and O–H groups in total. The molecule has 0 unspecified atom stereocenters. The summed E-state index contributed by atoms with van der Waals surface area (Å²) in [5.74, 6) is 0.498. The molecule has 0 saturated carbocycles. The molecule has 0 nitrogen and oxygen atoms in total. The summed E-state index contributed by atoms with van der Waals surface area (Å²) < 4.78 is 0. The maximum Gasteiger partial charge on any atom is -0.00752 e. The van der Waals surface area contributed by atoms with Crippen molar-refractivity contribution < 1.29 is 0 Å². The van der Waals surface area contributed by atoms with Gasteiger partial charge in [0.1, 0.15) is 0 Å². The van der Waals surface area contributed by atoms with Crippen molar-refractivity contribution in [2.45, 2.75) is 6.92 Å². The first-order valence-corrected chi connectivity index (χ1v) is 4.13. The second kappa shape index (κ2) is 3.91. The van der Waals surface area contributed by atoms with Gasteiger partial charge in [0.2, 0.25) is 0 Å². The SMILES string of the molecule is C=CC1=C(C=C)C=CC(C)C=C1.